The van der Waals surface area contributed by atoms with E-state index in [2.05, 4.69) is 5.32 Å². The van der Waals surface area contributed by atoms with Crippen LogP contribution in [0.4, 0.5) is 0 Å². The summed E-state index contributed by atoms with van der Waals surface area (Å²) in [6, 6.07) is 0. The zero-order valence-corrected chi connectivity index (χ0v) is 9.23. The van der Waals surface area contributed by atoms with E-state index in [4.69, 9.17) is 0 Å². The van der Waals surface area contributed by atoms with Gasteiger partial charge in [-0.25, -0.2) is 0 Å². The molecule has 0 unspecified atom stereocenters. The van der Waals surface area contributed by atoms with Gasteiger partial charge in [-0.3, -0.25) is 9.59 Å². The normalized spacial score (nSPS) is 15.6. The number of hydrogen-bond donors (Lipinski definition) is 1. The maximum absolute atomic E-state index is 11.5. The molecule has 1 aliphatic heterocycles. The highest BCUT2D eigenvalue weighted by Gasteiger charge is 2.17. The van der Waals surface area contributed by atoms with Gasteiger partial charge in [-0.1, -0.05) is 0 Å². The van der Waals surface area contributed by atoms with Crippen LogP contribution in [0.5, 0.6) is 0 Å². The number of carbonyl (C=O) groups excluding carboxylic acids is 2. The van der Waals surface area contributed by atoms with Crippen molar-refractivity contribution in [2.45, 2.75) is 12.8 Å². The molecule has 1 fully saturated rings. The molecular formula is C9H16N2O2S. The fourth-order valence-corrected chi connectivity index (χ4v) is 1.80. The Morgan fingerprint density at radius 1 is 1.36 bits per heavy atom. The van der Waals surface area contributed by atoms with Gasteiger partial charge in [-0.05, 0) is 19.1 Å². The second-order valence-corrected chi connectivity index (χ2v) is 4.16. The predicted molar refractivity (Wildman–Crippen MR) is 57.2 cm³/mol. The van der Waals surface area contributed by atoms with Crippen LogP contribution in [0.1, 0.15) is 12.8 Å². The quantitative estimate of drug-likeness (QED) is 0.724. The van der Waals surface area contributed by atoms with Crippen molar-refractivity contribution in [3.63, 3.8) is 0 Å². The Hall–Kier alpha value is -0.710. The minimum Gasteiger partial charge on any atom is -0.346 e. The fraction of sp³-hybridized carbons (Fsp3) is 0.778. The number of carbonyl (C=O) groups is 2. The van der Waals surface area contributed by atoms with Gasteiger partial charge in [0.2, 0.25) is 11.8 Å². The Morgan fingerprint density at radius 2 is 2.00 bits per heavy atom. The van der Waals surface area contributed by atoms with E-state index in [0.29, 0.717) is 5.75 Å². The minimum atomic E-state index is -0.0648. The average molecular weight is 216 g/mol. The molecule has 4 nitrogen and oxygen atoms in total. The van der Waals surface area contributed by atoms with Gasteiger partial charge in [-0.2, -0.15) is 11.8 Å². The lowest BCUT2D eigenvalue weighted by Gasteiger charge is -2.15. The van der Waals surface area contributed by atoms with Crippen molar-refractivity contribution in [2.75, 3.05) is 31.6 Å². The zero-order chi connectivity index (χ0) is 10.4. The number of nitrogens with one attached hydrogen (secondary N) is 1. The maximum atomic E-state index is 11.5. The summed E-state index contributed by atoms with van der Waals surface area (Å²) in [5.74, 6) is 0.398. The zero-order valence-electron chi connectivity index (χ0n) is 8.41. The first-order chi connectivity index (χ1) is 6.74. The van der Waals surface area contributed by atoms with Gasteiger partial charge < -0.3 is 10.2 Å². The summed E-state index contributed by atoms with van der Waals surface area (Å²) < 4.78 is 0. The minimum absolute atomic E-state index is 0.0388. The molecule has 2 amide bonds. The summed E-state index contributed by atoms with van der Waals surface area (Å²) in [4.78, 5) is 24.3. The number of likely N-dealkylation sites (tertiary alicyclic amines) is 1. The van der Waals surface area contributed by atoms with Crippen molar-refractivity contribution in [1.82, 2.24) is 10.2 Å². The SMILES string of the molecule is CSCC(=O)NCC(=O)N1CCCC1. The summed E-state index contributed by atoms with van der Waals surface area (Å²) in [6.07, 6.45) is 4.04. The van der Waals surface area contributed by atoms with E-state index in [0.717, 1.165) is 25.9 Å². The number of thioether (sulfide) groups is 1. The predicted octanol–water partition coefficient (Wildman–Crippen LogP) is 0.0880. The average Bonchev–Trinajstić information content (AvgIpc) is 2.67. The first-order valence-electron chi connectivity index (χ1n) is 4.77. The second kappa shape index (κ2) is 5.90. The Balaban J connectivity index is 2.17. The van der Waals surface area contributed by atoms with Gasteiger partial charge in [0.1, 0.15) is 0 Å². The van der Waals surface area contributed by atoms with Crippen LogP contribution in [-0.4, -0.2) is 48.4 Å². The molecule has 5 heteroatoms. The van der Waals surface area contributed by atoms with Gasteiger partial charge >= 0.3 is 0 Å². The molecule has 1 saturated heterocycles. The van der Waals surface area contributed by atoms with Crippen LogP contribution in [0.2, 0.25) is 0 Å². The van der Waals surface area contributed by atoms with Crippen molar-refractivity contribution in [1.29, 1.82) is 0 Å². The molecule has 0 radical (unpaired) electrons. The van der Waals surface area contributed by atoms with Crippen LogP contribution in [0.15, 0.2) is 0 Å². The van der Waals surface area contributed by atoms with E-state index in [-0.39, 0.29) is 18.4 Å². The molecule has 0 saturated carbocycles. The maximum Gasteiger partial charge on any atom is 0.241 e. The lowest BCUT2D eigenvalue weighted by molar-refractivity contribution is -0.131. The van der Waals surface area contributed by atoms with E-state index in [1.807, 2.05) is 6.26 Å². The van der Waals surface area contributed by atoms with E-state index in [1.165, 1.54) is 11.8 Å². The van der Waals surface area contributed by atoms with E-state index in [1.54, 1.807) is 4.90 Å². The molecule has 0 aromatic rings. The lowest BCUT2D eigenvalue weighted by Crippen LogP contribution is -2.39. The largest absolute Gasteiger partial charge is 0.346 e. The van der Waals surface area contributed by atoms with E-state index >= 15 is 0 Å². The Morgan fingerprint density at radius 3 is 2.57 bits per heavy atom. The lowest BCUT2D eigenvalue weighted by atomic mass is 10.4. The molecule has 0 bridgehead atoms. The van der Waals surface area contributed by atoms with Crippen molar-refractivity contribution in [3.8, 4) is 0 Å². The van der Waals surface area contributed by atoms with Crippen LogP contribution >= 0.6 is 11.8 Å². The monoisotopic (exact) mass is 216 g/mol. The Kier molecular flexibility index (Phi) is 4.79. The molecule has 1 rings (SSSR count). The second-order valence-electron chi connectivity index (χ2n) is 3.30. The van der Waals surface area contributed by atoms with Crippen LogP contribution in [0.3, 0.4) is 0 Å². The van der Waals surface area contributed by atoms with Crippen LogP contribution in [-0.2, 0) is 9.59 Å². The molecule has 0 aliphatic carbocycles. The molecule has 0 aromatic carbocycles. The molecule has 0 aromatic heterocycles. The van der Waals surface area contributed by atoms with Crippen LogP contribution in [0.25, 0.3) is 0 Å². The Bertz CT molecular complexity index is 215. The molecular weight excluding hydrogens is 200 g/mol. The number of rotatable bonds is 4. The highest BCUT2D eigenvalue weighted by Crippen LogP contribution is 2.06. The number of amides is 2. The Labute approximate surface area is 88.4 Å². The third-order valence-corrected chi connectivity index (χ3v) is 2.72. The highest BCUT2D eigenvalue weighted by atomic mass is 32.2. The van der Waals surface area contributed by atoms with E-state index in [9.17, 15) is 9.59 Å². The summed E-state index contributed by atoms with van der Waals surface area (Å²) >= 11 is 1.46. The van der Waals surface area contributed by atoms with Crippen molar-refractivity contribution < 1.29 is 9.59 Å². The van der Waals surface area contributed by atoms with Crippen molar-refractivity contribution in [2.24, 2.45) is 0 Å². The molecule has 0 spiro atoms. The molecule has 1 heterocycles. The first kappa shape index (κ1) is 11.4. The third kappa shape index (κ3) is 3.57. The van der Waals surface area contributed by atoms with Gasteiger partial charge in [-0.15, -0.1) is 0 Å². The molecule has 1 N–H and O–H groups in total. The van der Waals surface area contributed by atoms with Crippen LogP contribution < -0.4 is 5.32 Å². The summed E-state index contributed by atoms with van der Waals surface area (Å²) in [5, 5.41) is 2.61. The molecule has 80 valence electrons. The van der Waals surface area contributed by atoms with Gasteiger partial charge in [0.15, 0.2) is 0 Å². The van der Waals surface area contributed by atoms with Gasteiger partial charge in [0, 0.05) is 13.1 Å². The van der Waals surface area contributed by atoms with Crippen molar-refractivity contribution in [3.05, 3.63) is 0 Å². The fourth-order valence-electron chi connectivity index (χ4n) is 1.43. The van der Waals surface area contributed by atoms with Crippen LogP contribution in [0, 0.1) is 0 Å². The standard InChI is InChI=1S/C9H16N2O2S/c1-14-7-8(12)10-6-9(13)11-4-2-3-5-11/h2-7H2,1H3,(H,10,12). The van der Waals surface area contributed by atoms with Gasteiger partial charge in [0.25, 0.3) is 0 Å². The van der Waals surface area contributed by atoms with Gasteiger partial charge in [0.05, 0.1) is 12.3 Å². The molecule has 0 atom stereocenters. The number of hydrogen-bond acceptors (Lipinski definition) is 3. The molecule has 1 aliphatic rings. The summed E-state index contributed by atoms with van der Waals surface area (Å²) in [6.45, 7) is 1.84. The van der Waals surface area contributed by atoms with Crippen molar-refractivity contribution >= 4 is 23.6 Å². The smallest absolute Gasteiger partial charge is 0.241 e. The van der Waals surface area contributed by atoms with E-state index < -0.39 is 0 Å². The third-order valence-electron chi connectivity index (χ3n) is 2.17. The molecule has 14 heavy (non-hydrogen) atoms. The summed E-state index contributed by atoms with van der Waals surface area (Å²) in [7, 11) is 0. The topological polar surface area (TPSA) is 49.4 Å². The number of nitrogens with zero attached hydrogens (tertiary/aromatic N) is 1. The highest BCUT2D eigenvalue weighted by molar-refractivity contribution is 7.99. The first-order valence-corrected chi connectivity index (χ1v) is 6.17. The summed E-state index contributed by atoms with van der Waals surface area (Å²) in [5.41, 5.74) is 0.